The van der Waals surface area contributed by atoms with Gasteiger partial charge in [-0.05, 0) is 38.5 Å². The second-order valence-corrected chi connectivity index (χ2v) is 7.09. The van der Waals surface area contributed by atoms with Gasteiger partial charge in [0.1, 0.15) is 5.82 Å². The Morgan fingerprint density at radius 1 is 1.04 bits per heavy atom. The van der Waals surface area contributed by atoms with Gasteiger partial charge in [-0.25, -0.2) is 9.97 Å². The van der Waals surface area contributed by atoms with Crippen molar-refractivity contribution in [3.8, 4) is 11.4 Å². The smallest absolute Gasteiger partial charge is 0.163 e. The number of rotatable bonds is 6. The second-order valence-electron chi connectivity index (χ2n) is 7.09. The van der Waals surface area contributed by atoms with Gasteiger partial charge in [-0.1, -0.05) is 30.3 Å². The van der Waals surface area contributed by atoms with E-state index < -0.39 is 5.60 Å². The Hall–Kier alpha value is -2.79. The summed E-state index contributed by atoms with van der Waals surface area (Å²) in [6, 6.07) is 16.0. The Labute approximate surface area is 154 Å². The van der Waals surface area contributed by atoms with Crippen molar-refractivity contribution in [2.45, 2.75) is 32.9 Å². The van der Waals surface area contributed by atoms with Crippen LogP contribution in [0.4, 0.5) is 5.82 Å². The second kappa shape index (κ2) is 7.62. The van der Waals surface area contributed by atoms with E-state index in [1.165, 1.54) is 0 Å². The van der Waals surface area contributed by atoms with Crippen molar-refractivity contribution in [3.63, 3.8) is 0 Å². The van der Waals surface area contributed by atoms with E-state index in [9.17, 15) is 5.11 Å². The first-order chi connectivity index (χ1) is 12.4. The number of anilines is 1. The first kappa shape index (κ1) is 18.0. The fourth-order valence-electron chi connectivity index (χ4n) is 2.83. The molecule has 0 fully saturated rings. The van der Waals surface area contributed by atoms with E-state index in [1.807, 2.05) is 43.3 Å². The molecule has 5 nitrogen and oxygen atoms in total. The van der Waals surface area contributed by atoms with Gasteiger partial charge >= 0.3 is 0 Å². The average molecular weight is 348 g/mol. The summed E-state index contributed by atoms with van der Waals surface area (Å²) >= 11 is 0. The minimum Gasteiger partial charge on any atom is -0.389 e. The van der Waals surface area contributed by atoms with Crippen LogP contribution in [0.2, 0.25) is 0 Å². The van der Waals surface area contributed by atoms with Gasteiger partial charge in [0.2, 0.25) is 0 Å². The number of pyridine rings is 1. The minimum atomic E-state index is -0.845. The van der Waals surface area contributed by atoms with Crippen LogP contribution < -0.4 is 4.90 Å². The lowest BCUT2D eigenvalue weighted by atomic mass is 10.1. The molecule has 0 saturated carbocycles. The number of aryl methyl sites for hydroxylation is 1. The summed E-state index contributed by atoms with van der Waals surface area (Å²) in [6.45, 7) is 6.69. The zero-order valence-corrected chi connectivity index (χ0v) is 15.4. The van der Waals surface area contributed by atoms with Gasteiger partial charge in [0.15, 0.2) is 5.82 Å². The molecule has 0 aliphatic carbocycles. The van der Waals surface area contributed by atoms with Crippen molar-refractivity contribution in [2.75, 3.05) is 11.4 Å². The average Bonchev–Trinajstić information content (AvgIpc) is 2.61. The third-order valence-electron chi connectivity index (χ3n) is 3.88. The SMILES string of the molecule is Cc1cc(N(Cc2ccccc2)CC(C)(C)O)nc(-c2cccnc2)n1. The normalized spacial score (nSPS) is 11.4. The largest absolute Gasteiger partial charge is 0.389 e. The molecule has 0 amide bonds. The number of benzene rings is 1. The van der Waals surface area contributed by atoms with Crippen LogP contribution in [0.3, 0.4) is 0 Å². The number of hydrogen-bond acceptors (Lipinski definition) is 5. The van der Waals surface area contributed by atoms with Crippen molar-refractivity contribution in [1.82, 2.24) is 15.0 Å². The molecule has 0 spiro atoms. The molecule has 0 atom stereocenters. The summed E-state index contributed by atoms with van der Waals surface area (Å²) in [6.07, 6.45) is 3.49. The third kappa shape index (κ3) is 4.86. The van der Waals surface area contributed by atoms with Crippen LogP contribution in [-0.4, -0.2) is 32.2 Å². The van der Waals surface area contributed by atoms with E-state index in [4.69, 9.17) is 4.98 Å². The first-order valence-corrected chi connectivity index (χ1v) is 8.68. The van der Waals surface area contributed by atoms with Gasteiger partial charge in [-0.2, -0.15) is 0 Å². The molecule has 2 aromatic heterocycles. The Morgan fingerprint density at radius 2 is 1.81 bits per heavy atom. The number of nitrogens with zero attached hydrogens (tertiary/aromatic N) is 4. The monoisotopic (exact) mass is 348 g/mol. The molecule has 0 aliphatic heterocycles. The fourth-order valence-corrected chi connectivity index (χ4v) is 2.83. The fraction of sp³-hybridized carbons (Fsp3) is 0.286. The van der Waals surface area contributed by atoms with E-state index >= 15 is 0 Å². The van der Waals surface area contributed by atoms with Crippen LogP contribution in [0.1, 0.15) is 25.1 Å². The van der Waals surface area contributed by atoms with Crippen LogP contribution in [0.5, 0.6) is 0 Å². The van der Waals surface area contributed by atoms with Gasteiger partial charge in [-0.3, -0.25) is 4.98 Å². The van der Waals surface area contributed by atoms with Crippen molar-refractivity contribution in [3.05, 3.63) is 72.2 Å². The highest BCUT2D eigenvalue weighted by molar-refractivity contribution is 5.57. The zero-order chi connectivity index (χ0) is 18.6. The quantitative estimate of drug-likeness (QED) is 0.737. The molecule has 3 rings (SSSR count). The Kier molecular flexibility index (Phi) is 5.28. The number of aromatic nitrogens is 3. The molecular weight excluding hydrogens is 324 g/mol. The molecule has 0 radical (unpaired) electrons. The van der Waals surface area contributed by atoms with Gasteiger partial charge in [0.05, 0.1) is 5.60 Å². The van der Waals surface area contributed by atoms with Crippen LogP contribution in [0.15, 0.2) is 60.9 Å². The molecule has 0 unspecified atom stereocenters. The van der Waals surface area contributed by atoms with Gasteiger partial charge in [0, 0.05) is 42.8 Å². The maximum atomic E-state index is 10.4. The van der Waals surface area contributed by atoms with Crippen molar-refractivity contribution >= 4 is 5.82 Å². The highest BCUT2D eigenvalue weighted by Crippen LogP contribution is 2.22. The van der Waals surface area contributed by atoms with E-state index in [0.717, 1.165) is 22.6 Å². The third-order valence-corrected chi connectivity index (χ3v) is 3.88. The number of aliphatic hydroxyl groups is 1. The Bertz CT molecular complexity index is 845. The van der Waals surface area contributed by atoms with E-state index in [2.05, 4.69) is 27.0 Å². The van der Waals surface area contributed by atoms with Crippen molar-refractivity contribution < 1.29 is 5.11 Å². The summed E-state index contributed by atoms with van der Waals surface area (Å²) in [5, 5.41) is 10.4. The lowest BCUT2D eigenvalue weighted by molar-refractivity contribution is 0.0868. The van der Waals surface area contributed by atoms with Gasteiger partial charge < -0.3 is 10.0 Å². The molecule has 2 heterocycles. The molecule has 26 heavy (non-hydrogen) atoms. The van der Waals surface area contributed by atoms with Crippen molar-refractivity contribution in [2.24, 2.45) is 0 Å². The topological polar surface area (TPSA) is 62.1 Å². The Balaban J connectivity index is 1.99. The highest BCUT2D eigenvalue weighted by Gasteiger charge is 2.21. The predicted octanol–water partition coefficient (Wildman–Crippen LogP) is 3.62. The summed E-state index contributed by atoms with van der Waals surface area (Å²) in [5.74, 6) is 1.43. The number of hydrogen-bond donors (Lipinski definition) is 1. The molecule has 3 aromatic rings. The molecule has 1 aromatic carbocycles. The van der Waals surface area contributed by atoms with E-state index in [0.29, 0.717) is 18.9 Å². The maximum absolute atomic E-state index is 10.4. The molecule has 0 aliphatic rings. The van der Waals surface area contributed by atoms with Crippen LogP contribution >= 0.6 is 0 Å². The standard InChI is InChI=1S/C21H24N4O/c1-16-12-19(24-20(23-16)18-10-7-11-22-13-18)25(15-21(2,3)26)14-17-8-5-4-6-9-17/h4-13,26H,14-15H2,1-3H3. The Morgan fingerprint density at radius 3 is 2.46 bits per heavy atom. The zero-order valence-electron chi connectivity index (χ0n) is 15.4. The minimum absolute atomic E-state index is 0.463. The molecule has 1 N–H and O–H groups in total. The molecular formula is C21H24N4O. The molecule has 5 heteroatoms. The van der Waals surface area contributed by atoms with Crippen LogP contribution in [-0.2, 0) is 6.54 Å². The molecule has 0 bridgehead atoms. The maximum Gasteiger partial charge on any atom is 0.163 e. The van der Waals surface area contributed by atoms with Crippen LogP contribution in [0.25, 0.3) is 11.4 Å². The van der Waals surface area contributed by atoms with Crippen LogP contribution in [0, 0.1) is 6.92 Å². The van der Waals surface area contributed by atoms with E-state index in [1.54, 1.807) is 26.2 Å². The summed E-state index contributed by atoms with van der Waals surface area (Å²) in [7, 11) is 0. The first-order valence-electron chi connectivity index (χ1n) is 8.68. The summed E-state index contributed by atoms with van der Waals surface area (Å²) in [4.78, 5) is 15.5. The predicted molar refractivity (Wildman–Crippen MR) is 104 cm³/mol. The van der Waals surface area contributed by atoms with E-state index in [-0.39, 0.29) is 0 Å². The van der Waals surface area contributed by atoms with Crippen molar-refractivity contribution in [1.29, 1.82) is 0 Å². The highest BCUT2D eigenvalue weighted by atomic mass is 16.3. The molecule has 0 saturated heterocycles. The molecule has 134 valence electrons. The lowest BCUT2D eigenvalue weighted by Crippen LogP contribution is -2.39. The lowest BCUT2D eigenvalue weighted by Gasteiger charge is -2.30. The van der Waals surface area contributed by atoms with Gasteiger partial charge in [0.25, 0.3) is 0 Å². The summed E-state index contributed by atoms with van der Waals surface area (Å²) in [5.41, 5.74) is 2.07. The van der Waals surface area contributed by atoms with Gasteiger partial charge in [-0.15, -0.1) is 0 Å². The summed E-state index contributed by atoms with van der Waals surface area (Å²) < 4.78 is 0.